The van der Waals surface area contributed by atoms with Gasteiger partial charge in [-0.25, -0.2) is 4.39 Å². The van der Waals surface area contributed by atoms with Crippen LogP contribution in [0.1, 0.15) is 18.9 Å². The minimum Gasteiger partial charge on any atom is -0.352 e. The maximum atomic E-state index is 12.9. The molecule has 0 saturated carbocycles. The highest BCUT2D eigenvalue weighted by Gasteiger charge is 2.19. The van der Waals surface area contributed by atoms with Crippen molar-refractivity contribution >= 4 is 40.7 Å². The Labute approximate surface area is 155 Å². The Morgan fingerprint density at radius 2 is 1.68 bits per heavy atom. The molecule has 1 N–H and O–H groups in total. The van der Waals surface area contributed by atoms with Gasteiger partial charge in [0.1, 0.15) is 5.82 Å². The predicted octanol–water partition coefficient (Wildman–Crippen LogP) is 4.19. The quantitative estimate of drug-likeness (QED) is 0.813. The lowest BCUT2D eigenvalue weighted by atomic mass is 10.2. The minimum absolute atomic E-state index is 0.0856. The van der Waals surface area contributed by atoms with Crippen LogP contribution in [0.2, 0.25) is 10.0 Å². The number of anilines is 1. The van der Waals surface area contributed by atoms with Crippen LogP contribution < -0.4 is 10.2 Å². The molecule has 2 aromatic rings. The Bertz CT molecular complexity index is 746. The summed E-state index contributed by atoms with van der Waals surface area (Å²) in [7, 11) is 0. The maximum Gasteiger partial charge on any atom is 0.223 e. The van der Waals surface area contributed by atoms with Crippen molar-refractivity contribution in [3.8, 4) is 0 Å². The number of hydrogen-bond acceptors (Lipinski definition) is 2. The maximum absolute atomic E-state index is 12.9. The number of carbonyl (C=O) groups is 2. The molecule has 0 aromatic heterocycles. The molecule has 25 heavy (non-hydrogen) atoms. The third kappa shape index (κ3) is 5.44. The van der Waals surface area contributed by atoms with Crippen LogP contribution >= 0.6 is 23.2 Å². The lowest BCUT2D eigenvalue weighted by Gasteiger charge is -2.23. The standard InChI is InChI=1S/C18H17Cl2FN2O2/c1-12(24)23(18-15(19)3-2-4-16(18)20)10-9-17(25)22-11-13-5-7-14(21)8-6-13/h2-8H,9-11H2,1H3,(H,22,25). The van der Waals surface area contributed by atoms with Crippen LogP contribution in [0.4, 0.5) is 10.1 Å². The fourth-order valence-corrected chi connectivity index (χ4v) is 2.88. The molecule has 2 rings (SSSR count). The van der Waals surface area contributed by atoms with Crippen LogP contribution in [-0.4, -0.2) is 18.4 Å². The van der Waals surface area contributed by atoms with E-state index >= 15 is 0 Å². The zero-order chi connectivity index (χ0) is 18.4. The predicted molar refractivity (Wildman–Crippen MR) is 97.4 cm³/mol. The van der Waals surface area contributed by atoms with Crippen molar-refractivity contribution in [3.05, 3.63) is 63.9 Å². The van der Waals surface area contributed by atoms with Crippen LogP contribution in [0.15, 0.2) is 42.5 Å². The minimum atomic E-state index is -0.330. The van der Waals surface area contributed by atoms with E-state index in [0.29, 0.717) is 15.7 Å². The Kier molecular flexibility index (Phi) is 6.79. The second-order valence-corrected chi connectivity index (χ2v) is 6.21. The zero-order valence-corrected chi connectivity index (χ0v) is 15.1. The number of hydrogen-bond donors (Lipinski definition) is 1. The highest BCUT2D eigenvalue weighted by atomic mass is 35.5. The van der Waals surface area contributed by atoms with Crippen LogP contribution in [0.3, 0.4) is 0 Å². The van der Waals surface area contributed by atoms with Gasteiger partial charge in [-0.2, -0.15) is 0 Å². The van der Waals surface area contributed by atoms with Gasteiger partial charge in [0.15, 0.2) is 0 Å². The molecular weight excluding hydrogens is 366 g/mol. The van der Waals surface area contributed by atoms with Gasteiger partial charge in [0.05, 0.1) is 15.7 Å². The molecule has 0 heterocycles. The number of para-hydroxylation sites is 1. The Hall–Kier alpha value is -2.11. The first-order chi connectivity index (χ1) is 11.9. The molecule has 4 nitrogen and oxygen atoms in total. The molecule has 2 aromatic carbocycles. The SMILES string of the molecule is CC(=O)N(CCC(=O)NCc1ccc(F)cc1)c1c(Cl)cccc1Cl. The van der Waals surface area contributed by atoms with Crippen LogP contribution in [-0.2, 0) is 16.1 Å². The highest BCUT2D eigenvalue weighted by molar-refractivity contribution is 6.39. The van der Waals surface area contributed by atoms with E-state index < -0.39 is 0 Å². The normalized spacial score (nSPS) is 10.4. The van der Waals surface area contributed by atoms with Crippen molar-refractivity contribution in [1.29, 1.82) is 0 Å². The first-order valence-corrected chi connectivity index (χ1v) is 8.37. The first-order valence-electron chi connectivity index (χ1n) is 7.61. The van der Waals surface area contributed by atoms with E-state index in [1.807, 2.05) is 0 Å². The number of benzene rings is 2. The van der Waals surface area contributed by atoms with Gasteiger partial charge in [0.25, 0.3) is 0 Å². The van der Waals surface area contributed by atoms with Crippen molar-refractivity contribution in [3.63, 3.8) is 0 Å². The summed E-state index contributed by atoms with van der Waals surface area (Å²) in [6.07, 6.45) is 0.0856. The fraction of sp³-hybridized carbons (Fsp3) is 0.222. The highest BCUT2D eigenvalue weighted by Crippen LogP contribution is 2.33. The summed E-state index contributed by atoms with van der Waals surface area (Å²) in [5, 5.41) is 3.41. The molecule has 0 aliphatic heterocycles. The molecule has 0 atom stereocenters. The fourth-order valence-electron chi connectivity index (χ4n) is 2.28. The summed E-state index contributed by atoms with van der Waals surface area (Å²) >= 11 is 12.3. The molecule has 0 unspecified atom stereocenters. The van der Waals surface area contributed by atoms with Gasteiger partial charge in [0, 0.05) is 26.4 Å². The van der Waals surface area contributed by atoms with Gasteiger partial charge >= 0.3 is 0 Å². The number of halogens is 3. The van der Waals surface area contributed by atoms with Gasteiger partial charge in [-0.1, -0.05) is 41.4 Å². The molecule has 0 aliphatic rings. The van der Waals surface area contributed by atoms with Crippen molar-refractivity contribution < 1.29 is 14.0 Å². The average Bonchev–Trinajstić information content (AvgIpc) is 2.56. The van der Waals surface area contributed by atoms with E-state index in [0.717, 1.165) is 5.56 Å². The summed E-state index contributed by atoms with van der Waals surface area (Å²) in [5.74, 6) is -0.830. The molecule has 0 radical (unpaired) electrons. The van der Waals surface area contributed by atoms with E-state index in [2.05, 4.69) is 5.32 Å². The zero-order valence-electron chi connectivity index (χ0n) is 13.6. The Balaban J connectivity index is 1.96. The van der Waals surface area contributed by atoms with Gasteiger partial charge in [0.2, 0.25) is 11.8 Å². The van der Waals surface area contributed by atoms with Crippen LogP contribution in [0, 0.1) is 5.82 Å². The molecule has 0 saturated heterocycles. The summed E-state index contributed by atoms with van der Waals surface area (Å²) in [5.41, 5.74) is 1.18. The Morgan fingerprint density at radius 3 is 2.24 bits per heavy atom. The summed E-state index contributed by atoms with van der Waals surface area (Å²) in [4.78, 5) is 25.3. The number of nitrogens with zero attached hydrogens (tertiary/aromatic N) is 1. The lowest BCUT2D eigenvalue weighted by Crippen LogP contribution is -2.34. The summed E-state index contributed by atoms with van der Waals surface area (Å²) < 4.78 is 12.9. The van der Waals surface area contributed by atoms with Crippen molar-refractivity contribution in [2.24, 2.45) is 0 Å². The lowest BCUT2D eigenvalue weighted by molar-refractivity contribution is -0.121. The van der Waals surface area contributed by atoms with Crippen LogP contribution in [0.25, 0.3) is 0 Å². The summed E-state index contributed by atoms with van der Waals surface area (Å²) in [6, 6.07) is 10.8. The van der Waals surface area contributed by atoms with Crippen molar-refractivity contribution in [1.82, 2.24) is 5.32 Å². The molecule has 0 fully saturated rings. The third-order valence-electron chi connectivity index (χ3n) is 3.55. The van der Waals surface area contributed by atoms with Gasteiger partial charge in [-0.05, 0) is 29.8 Å². The number of nitrogens with one attached hydrogen (secondary N) is 1. The van der Waals surface area contributed by atoms with Crippen molar-refractivity contribution in [2.75, 3.05) is 11.4 Å². The number of rotatable bonds is 6. The topological polar surface area (TPSA) is 49.4 Å². The number of carbonyl (C=O) groups excluding carboxylic acids is 2. The van der Waals surface area contributed by atoms with Gasteiger partial charge < -0.3 is 10.2 Å². The van der Waals surface area contributed by atoms with E-state index in [1.165, 1.54) is 24.0 Å². The molecular formula is C18H17Cl2FN2O2. The monoisotopic (exact) mass is 382 g/mol. The number of amides is 2. The molecule has 0 aliphatic carbocycles. The van der Waals surface area contributed by atoms with E-state index in [-0.39, 0.29) is 37.1 Å². The molecule has 132 valence electrons. The van der Waals surface area contributed by atoms with E-state index in [1.54, 1.807) is 30.3 Å². The largest absolute Gasteiger partial charge is 0.352 e. The second kappa shape index (κ2) is 8.83. The average molecular weight is 383 g/mol. The molecule has 0 bridgehead atoms. The van der Waals surface area contributed by atoms with Gasteiger partial charge in [-0.15, -0.1) is 0 Å². The second-order valence-electron chi connectivity index (χ2n) is 5.39. The molecule has 7 heteroatoms. The smallest absolute Gasteiger partial charge is 0.223 e. The van der Waals surface area contributed by atoms with Gasteiger partial charge in [-0.3, -0.25) is 9.59 Å². The Morgan fingerprint density at radius 1 is 1.08 bits per heavy atom. The van der Waals surface area contributed by atoms with E-state index in [9.17, 15) is 14.0 Å². The molecule has 0 spiro atoms. The van der Waals surface area contributed by atoms with E-state index in [4.69, 9.17) is 23.2 Å². The summed E-state index contributed by atoms with van der Waals surface area (Å²) in [6.45, 7) is 1.82. The van der Waals surface area contributed by atoms with Crippen molar-refractivity contribution in [2.45, 2.75) is 19.9 Å². The van der Waals surface area contributed by atoms with Crippen LogP contribution in [0.5, 0.6) is 0 Å². The molecule has 2 amide bonds. The first kappa shape index (κ1) is 19.2. The third-order valence-corrected chi connectivity index (χ3v) is 4.16.